The summed E-state index contributed by atoms with van der Waals surface area (Å²) in [5.41, 5.74) is 8.60. The largest absolute Gasteiger partial charge is 0.378 e. The molecule has 6 heteroatoms. The molecule has 1 amide bonds. The molecule has 2 N–H and O–H groups in total. The monoisotopic (exact) mass is 317 g/mol. The lowest BCUT2D eigenvalue weighted by atomic mass is 10.1. The minimum Gasteiger partial charge on any atom is -0.378 e. The summed E-state index contributed by atoms with van der Waals surface area (Å²) in [5, 5.41) is 2.90. The SMILES string of the molecule is NCc1ccc(-c2nc(CC(=O)N3CCOCC3)cs2)cc1. The van der Waals surface area contributed by atoms with Crippen LogP contribution in [-0.2, 0) is 22.5 Å². The second kappa shape index (κ2) is 7.00. The number of nitrogens with zero attached hydrogens (tertiary/aromatic N) is 2. The Balaban J connectivity index is 1.66. The van der Waals surface area contributed by atoms with E-state index in [0.29, 0.717) is 39.3 Å². The van der Waals surface area contributed by atoms with Gasteiger partial charge in [-0.15, -0.1) is 11.3 Å². The summed E-state index contributed by atoms with van der Waals surface area (Å²) >= 11 is 1.57. The first-order valence-electron chi connectivity index (χ1n) is 7.35. The Morgan fingerprint density at radius 3 is 2.68 bits per heavy atom. The fourth-order valence-corrected chi connectivity index (χ4v) is 3.21. The van der Waals surface area contributed by atoms with Gasteiger partial charge in [-0.1, -0.05) is 24.3 Å². The summed E-state index contributed by atoms with van der Waals surface area (Å²) in [4.78, 5) is 18.6. The predicted molar refractivity (Wildman–Crippen MR) is 86.5 cm³/mol. The number of hydrogen-bond donors (Lipinski definition) is 1. The van der Waals surface area contributed by atoms with Crippen molar-refractivity contribution < 1.29 is 9.53 Å². The first-order chi connectivity index (χ1) is 10.8. The van der Waals surface area contributed by atoms with E-state index in [1.165, 1.54) is 0 Å². The molecule has 0 atom stereocenters. The Bertz CT molecular complexity index is 633. The molecule has 0 radical (unpaired) electrons. The van der Waals surface area contributed by atoms with E-state index >= 15 is 0 Å². The van der Waals surface area contributed by atoms with Gasteiger partial charge in [0.1, 0.15) is 5.01 Å². The lowest BCUT2D eigenvalue weighted by Crippen LogP contribution is -2.41. The molecule has 2 aromatic rings. The number of aromatic nitrogens is 1. The summed E-state index contributed by atoms with van der Waals surface area (Å²) in [6.45, 7) is 3.15. The zero-order valence-corrected chi connectivity index (χ0v) is 13.1. The van der Waals surface area contributed by atoms with Crippen LogP contribution >= 0.6 is 11.3 Å². The lowest BCUT2D eigenvalue weighted by molar-refractivity contribution is -0.134. The van der Waals surface area contributed by atoms with Crippen LogP contribution in [-0.4, -0.2) is 42.1 Å². The van der Waals surface area contributed by atoms with Gasteiger partial charge in [0.2, 0.25) is 5.91 Å². The highest BCUT2D eigenvalue weighted by atomic mass is 32.1. The van der Waals surface area contributed by atoms with Gasteiger partial charge in [-0.3, -0.25) is 4.79 Å². The Morgan fingerprint density at radius 2 is 2.00 bits per heavy atom. The van der Waals surface area contributed by atoms with E-state index in [-0.39, 0.29) is 5.91 Å². The Kier molecular flexibility index (Phi) is 4.82. The lowest BCUT2D eigenvalue weighted by Gasteiger charge is -2.26. The molecule has 1 saturated heterocycles. The van der Waals surface area contributed by atoms with Crippen molar-refractivity contribution in [3.8, 4) is 10.6 Å². The van der Waals surface area contributed by atoms with Crippen molar-refractivity contribution in [2.24, 2.45) is 5.73 Å². The normalized spacial score (nSPS) is 15.0. The molecule has 0 spiro atoms. The van der Waals surface area contributed by atoms with Gasteiger partial charge in [0.05, 0.1) is 25.3 Å². The van der Waals surface area contributed by atoms with Crippen LogP contribution in [0, 0.1) is 0 Å². The molecule has 22 heavy (non-hydrogen) atoms. The van der Waals surface area contributed by atoms with Crippen LogP contribution in [0.2, 0.25) is 0 Å². The van der Waals surface area contributed by atoms with E-state index in [4.69, 9.17) is 10.5 Å². The number of benzene rings is 1. The van der Waals surface area contributed by atoms with Crippen molar-refractivity contribution in [2.45, 2.75) is 13.0 Å². The molecule has 116 valence electrons. The number of hydrogen-bond acceptors (Lipinski definition) is 5. The maximum absolute atomic E-state index is 12.2. The first kappa shape index (κ1) is 15.1. The van der Waals surface area contributed by atoms with E-state index in [9.17, 15) is 4.79 Å². The fraction of sp³-hybridized carbons (Fsp3) is 0.375. The molecule has 0 saturated carbocycles. The third kappa shape index (κ3) is 3.52. The second-order valence-electron chi connectivity index (χ2n) is 5.21. The third-order valence-corrected chi connectivity index (χ3v) is 4.62. The van der Waals surface area contributed by atoms with Crippen LogP contribution in [0.5, 0.6) is 0 Å². The van der Waals surface area contributed by atoms with Crippen molar-refractivity contribution in [2.75, 3.05) is 26.3 Å². The average molecular weight is 317 g/mol. The molecule has 1 aromatic carbocycles. The Labute approximate surface area is 133 Å². The maximum Gasteiger partial charge on any atom is 0.228 e. The number of amides is 1. The van der Waals surface area contributed by atoms with Crippen molar-refractivity contribution in [1.82, 2.24) is 9.88 Å². The molecule has 1 aliphatic rings. The van der Waals surface area contributed by atoms with Crippen molar-refractivity contribution in [3.63, 3.8) is 0 Å². The second-order valence-corrected chi connectivity index (χ2v) is 6.07. The van der Waals surface area contributed by atoms with Crippen LogP contribution in [0.25, 0.3) is 10.6 Å². The van der Waals surface area contributed by atoms with Crippen molar-refractivity contribution in [1.29, 1.82) is 0 Å². The number of morpholine rings is 1. The van der Waals surface area contributed by atoms with Gasteiger partial charge in [0.25, 0.3) is 0 Å². The van der Waals surface area contributed by atoms with E-state index in [1.54, 1.807) is 11.3 Å². The van der Waals surface area contributed by atoms with Gasteiger partial charge in [-0.2, -0.15) is 0 Å². The third-order valence-electron chi connectivity index (χ3n) is 3.68. The zero-order chi connectivity index (χ0) is 15.4. The van der Waals surface area contributed by atoms with Gasteiger partial charge in [-0.25, -0.2) is 4.98 Å². The number of carbonyl (C=O) groups is 1. The zero-order valence-electron chi connectivity index (χ0n) is 12.3. The van der Waals surface area contributed by atoms with Crippen LogP contribution < -0.4 is 5.73 Å². The maximum atomic E-state index is 12.2. The molecule has 3 rings (SSSR count). The molecule has 0 bridgehead atoms. The van der Waals surface area contributed by atoms with Gasteiger partial charge in [-0.05, 0) is 5.56 Å². The van der Waals surface area contributed by atoms with Gasteiger partial charge >= 0.3 is 0 Å². The fourth-order valence-electron chi connectivity index (χ4n) is 2.38. The molecule has 1 fully saturated rings. The quantitative estimate of drug-likeness (QED) is 0.931. The Morgan fingerprint density at radius 1 is 1.27 bits per heavy atom. The minimum absolute atomic E-state index is 0.124. The topological polar surface area (TPSA) is 68.5 Å². The molecule has 0 unspecified atom stereocenters. The minimum atomic E-state index is 0.124. The summed E-state index contributed by atoms with van der Waals surface area (Å²) < 4.78 is 5.26. The Hall–Kier alpha value is -1.76. The first-order valence-corrected chi connectivity index (χ1v) is 8.23. The van der Waals surface area contributed by atoms with E-state index in [1.807, 2.05) is 34.5 Å². The molecule has 0 aliphatic carbocycles. The van der Waals surface area contributed by atoms with E-state index in [0.717, 1.165) is 21.8 Å². The molecule has 2 heterocycles. The number of ether oxygens (including phenoxy) is 1. The van der Waals surface area contributed by atoms with Crippen molar-refractivity contribution >= 4 is 17.2 Å². The number of rotatable bonds is 4. The van der Waals surface area contributed by atoms with E-state index in [2.05, 4.69) is 4.98 Å². The molecular weight excluding hydrogens is 298 g/mol. The number of thiazole rings is 1. The van der Waals surface area contributed by atoms with E-state index < -0.39 is 0 Å². The molecule has 5 nitrogen and oxygen atoms in total. The van der Waals surface area contributed by atoms with Crippen LogP contribution in [0.4, 0.5) is 0 Å². The van der Waals surface area contributed by atoms with Crippen LogP contribution in [0.15, 0.2) is 29.6 Å². The van der Waals surface area contributed by atoms with Crippen molar-refractivity contribution in [3.05, 3.63) is 40.9 Å². The summed E-state index contributed by atoms with van der Waals surface area (Å²) in [6, 6.07) is 8.06. The van der Waals surface area contributed by atoms with Gasteiger partial charge in [0.15, 0.2) is 0 Å². The standard InChI is InChI=1S/C16H19N3O2S/c17-10-12-1-3-13(4-2-12)16-18-14(11-22-16)9-15(20)19-5-7-21-8-6-19/h1-4,11H,5-10,17H2. The molecule has 1 aromatic heterocycles. The number of nitrogens with two attached hydrogens (primary N) is 1. The van der Waals surface area contributed by atoms with Gasteiger partial charge < -0.3 is 15.4 Å². The number of carbonyl (C=O) groups excluding carboxylic acids is 1. The highest BCUT2D eigenvalue weighted by Gasteiger charge is 2.18. The average Bonchev–Trinajstić information content (AvgIpc) is 3.04. The summed E-state index contributed by atoms with van der Waals surface area (Å²) in [6.07, 6.45) is 0.359. The summed E-state index contributed by atoms with van der Waals surface area (Å²) in [5.74, 6) is 0.124. The highest BCUT2D eigenvalue weighted by molar-refractivity contribution is 7.13. The highest BCUT2D eigenvalue weighted by Crippen LogP contribution is 2.24. The predicted octanol–water partition coefficient (Wildman–Crippen LogP) is 1.67. The van der Waals surface area contributed by atoms with Crippen LogP contribution in [0.3, 0.4) is 0 Å². The molecular formula is C16H19N3O2S. The van der Waals surface area contributed by atoms with Gasteiger partial charge in [0, 0.05) is 30.6 Å². The summed E-state index contributed by atoms with van der Waals surface area (Å²) in [7, 11) is 0. The van der Waals surface area contributed by atoms with Crippen LogP contribution in [0.1, 0.15) is 11.3 Å². The smallest absolute Gasteiger partial charge is 0.228 e. The molecule has 1 aliphatic heterocycles.